The zero-order valence-corrected chi connectivity index (χ0v) is 15.7. The maximum atomic E-state index is 12.4. The average molecular weight is 381 g/mol. The summed E-state index contributed by atoms with van der Waals surface area (Å²) in [6.07, 6.45) is 2.09. The molecule has 1 aliphatic heterocycles. The molecule has 0 bridgehead atoms. The van der Waals surface area contributed by atoms with Gasteiger partial charge in [0.15, 0.2) is 0 Å². The number of likely N-dealkylation sites (tertiary alicyclic amines) is 1. The normalized spacial score (nSPS) is 13.2. The number of carboxylic acid groups (broad SMARTS) is 1. The minimum atomic E-state index is -0.987. The third kappa shape index (κ3) is 4.68. The van der Waals surface area contributed by atoms with E-state index in [1.54, 1.807) is 30.3 Å². The van der Waals surface area contributed by atoms with Gasteiger partial charge in [0.1, 0.15) is 0 Å². The van der Waals surface area contributed by atoms with Crippen LogP contribution in [0.2, 0.25) is 0 Å². The van der Waals surface area contributed by atoms with Gasteiger partial charge in [-0.05, 0) is 61.2 Å². The number of carboxylic acids is 1. The number of urea groups is 1. The van der Waals surface area contributed by atoms with E-state index in [9.17, 15) is 14.4 Å². The van der Waals surface area contributed by atoms with Crippen LogP contribution in [0.25, 0.3) is 0 Å². The molecule has 1 saturated heterocycles. The highest BCUT2D eigenvalue weighted by Gasteiger charge is 2.20. The first-order chi connectivity index (χ1) is 13.4. The molecule has 1 fully saturated rings. The fourth-order valence-electron chi connectivity index (χ4n) is 3.15. The number of hydrogen-bond acceptors (Lipinski definition) is 3. The van der Waals surface area contributed by atoms with E-state index in [0.29, 0.717) is 11.3 Å². The van der Waals surface area contributed by atoms with Gasteiger partial charge in [0.2, 0.25) is 0 Å². The van der Waals surface area contributed by atoms with E-state index in [0.717, 1.165) is 37.1 Å². The summed E-state index contributed by atoms with van der Waals surface area (Å²) in [5.74, 6) is -0.958. The lowest BCUT2D eigenvalue weighted by Gasteiger charge is -2.16. The van der Waals surface area contributed by atoms with Gasteiger partial charge in [-0.2, -0.15) is 0 Å². The number of aromatic carboxylic acids is 1. The van der Waals surface area contributed by atoms with Crippen molar-refractivity contribution in [1.82, 2.24) is 10.2 Å². The summed E-state index contributed by atoms with van der Waals surface area (Å²) in [7, 11) is 0. The van der Waals surface area contributed by atoms with E-state index in [1.165, 1.54) is 12.1 Å². The minimum absolute atomic E-state index is 0.0291. The molecule has 3 amide bonds. The summed E-state index contributed by atoms with van der Waals surface area (Å²) in [6.45, 7) is 3.72. The lowest BCUT2D eigenvalue weighted by molar-refractivity contribution is 0.0696. The number of anilines is 1. The minimum Gasteiger partial charge on any atom is -0.478 e. The average Bonchev–Trinajstić information content (AvgIpc) is 3.22. The fraction of sp³-hybridized carbons (Fsp3) is 0.286. The Balaban J connectivity index is 1.56. The Kier molecular flexibility index (Phi) is 5.93. The molecule has 1 aliphatic rings. The molecule has 0 radical (unpaired) electrons. The van der Waals surface area contributed by atoms with Gasteiger partial charge >= 0.3 is 12.0 Å². The van der Waals surface area contributed by atoms with Crippen molar-refractivity contribution in [3.05, 3.63) is 64.7 Å². The zero-order chi connectivity index (χ0) is 20.1. The zero-order valence-electron chi connectivity index (χ0n) is 15.7. The van der Waals surface area contributed by atoms with E-state index in [-0.39, 0.29) is 24.0 Å². The van der Waals surface area contributed by atoms with Crippen LogP contribution in [0.15, 0.2) is 42.5 Å². The van der Waals surface area contributed by atoms with Crippen LogP contribution in [-0.2, 0) is 6.54 Å². The van der Waals surface area contributed by atoms with E-state index in [1.807, 2.05) is 11.8 Å². The van der Waals surface area contributed by atoms with Crippen LogP contribution in [0.5, 0.6) is 0 Å². The maximum Gasteiger partial charge on any atom is 0.335 e. The second-order valence-electron chi connectivity index (χ2n) is 6.84. The molecule has 3 rings (SSSR count). The Morgan fingerprint density at radius 2 is 1.64 bits per heavy atom. The van der Waals surface area contributed by atoms with Gasteiger partial charge < -0.3 is 20.6 Å². The summed E-state index contributed by atoms with van der Waals surface area (Å²) >= 11 is 0. The molecule has 7 heteroatoms. The summed E-state index contributed by atoms with van der Waals surface area (Å²) in [6, 6.07) is 11.2. The van der Waals surface area contributed by atoms with E-state index >= 15 is 0 Å². The highest BCUT2D eigenvalue weighted by Crippen LogP contribution is 2.19. The molecular formula is C21H23N3O4. The smallest absolute Gasteiger partial charge is 0.335 e. The number of rotatable bonds is 5. The van der Waals surface area contributed by atoms with Crippen LogP contribution in [0, 0.1) is 6.92 Å². The Bertz CT molecular complexity index is 887. The molecular weight excluding hydrogens is 358 g/mol. The van der Waals surface area contributed by atoms with Crippen molar-refractivity contribution >= 4 is 23.6 Å². The molecule has 28 heavy (non-hydrogen) atoms. The fourth-order valence-corrected chi connectivity index (χ4v) is 3.15. The summed E-state index contributed by atoms with van der Waals surface area (Å²) in [5, 5.41) is 14.4. The predicted octanol–water partition coefficient (Wildman–Crippen LogP) is 3.25. The van der Waals surface area contributed by atoms with Crippen LogP contribution in [-0.4, -0.2) is 41.0 Å². The topological polar surface area (TPSA) is 98.7 Å². The van der Waals surface area contributed by atoms with Crippen molar-refractivity contribution in [2.24, 2.45) is 0 Å². The molecule has 0 unspecified atom stereocenters. The monoisotopic (exact) mass is 381 g/mol. The molecule has 7 nitrogen and oxygen atoms in total. The third-order valence-electron chi connectivity index (χ3n) is 4.77. The number of carbonyl (C=O) groups excluding carboxylic acids is 2. The molecule has 0 spiro atoms. The van der Waals surface area contributed by atoms with Crippen LogP contribution in [0.1, 0.15) is 44.7 Å². The third-order valence-corrected chi connectivity index (χ3v) is 4.77. The van der Waals surface area contributed by atoms with Crippen molar-refractivity contribution < 1.29 is 19.5 Å². The molecule has 0 aliphatic carbocycles. The molecule has 2 aromatic carbocycles. The molecule has 146 valence electrons. The van der Waals surface area contributed by atoms with Gasteiger partial charge in [0.25, 0.3) is 5.91 Å². The highest BCUT2D eigenvalue weighted by atomic mass is 16.4. The number of nitrogens with zero attached hydrogens (tertiary/aromatic N) is 1. The van der Waals surface area contributed by atoms with Crippen molar-refractivity contribution in [3.8, 4) is 0 Å². The van der Waals surface area contributed by atoms with Crippen molar-refractivity contribution in [2.45, 2.75) is 26.3 Å². The Labute approximate surface area is 163 Å². The Morgan fingerprint density at radius 3 is 2.25 bits per heavy atom. The maximum absolute atomic E-state index is 12.4. The van der Waals surface area contributed by atoms with Crippen LogP contribution < -0.4 is 10.6 Å². The molecule has 1 heterocycles. The lowest BCUT2D eigenvalue weighted by Crippen LogP contribution is -2.29. The second-order valence-corrected chi connectivity index (χ2v) is 6.84. The van der Waals surface area contributed by atoms with E-state index < -0.39 is 5.97 Å². The van der Waals surface area contributed by atoms with Crippen LogP contribution >= 0.6 is 0 Å². The number of nitrogens with one attached hydrogen (secondary N) is 2. The number of benzene rings is 2. The van der Waals surface area contributed by atoms with E-state index in [2.05, 4.69) is 10.6 Å². The van der Waals surface area contributed by atoms with Crippen LogP contribution in [0.3, 0.4) is 0 Å². The van der Waals surface area contributed by atoms with Gasteiger partial charge in [-0.1, -0.05) is 12.1 Å². The van der Waals surface area contributed by atoms with Crippen LogP contribution in [0.4, 0.5) is 10.5 Å². The summed E-state index contributed by atoms with van der Waals surface area (Å²) < 4.78 is 0. The number of hydrogen-bond donors (Lipinski definition) is 3. The predicted molar refractivity (Wildman–Crippen MR) is 106 cm³/mol. The Hall–Kier alpha value is -3.35. The van der Waals surface area contributed by atoms with Gasteiger partial charge in [-0.15, -0.1) is 0 Å². The highest BCUT2D eigenvalue weighted by molar-refractivity contribution is 5.96. The number of amides is 3. The standard InChI is InChI=1S/C21H23N3O4/c1-14-12-17(19(25)24-10-2-3-11-24)8-9-18(14)23-21(28)22-13-15-4-6-16(7-5-15)20(26)27/h4-9,12H,2-3,10-11,13H2,1H3,(H,26,27)(H2,22,23,28). The van der Waals surface area contributed by atoms with Gasteiger partial charge in [0.05, 0.1) is 5.56 Å². The molecule has 3 N–H and O–H groups in total. The SMILES string of the molecule is Cc1cc(C(=O)N2CCCC2)ccc1NC(=O)NCc1ccc(C(=O)O)cc1. The first kappa shape index (κ1) is 19.4. The largest absolute Gasteiger partial charge is 0.478 e. The van der Waals surface area contributed by atoms with E-state index in [4.69, 9.17) is 5.11 Å². The quantitative estimate of drug-likeness (QED) is 0.740. The molecule has 0 atom stereocenters. The van der Waals surface area contributed by atoms with Crippen molar-refractivity contribution in [2.75, 3.05) is 18.4 Å². The Morgan fingerprint density at radius 1 is 1.00 bits per heavy atom. The van der Waals surface area contributed by atoms with Crippen molar-refractivity contribution in [3.63, 3.8) is 0 Å². The van der Waals surface area contributed by atoms with Gasteiger partial charge in [-0.25, -0.2) is 9.59 Å². The van der Waals surface area contributed by atoms with Gasteiger partial charge in [0, 0.05) is 30.9 Å². The first-order valence-corrected chi connectivity index (χ1v) is 9.21. The summed E-state index contributed by atoms with van der Waals surface area (Å²) in [4.78, 5) is 37.3. The number of aryl methyl sites for hydroxylation is 1. The molecule has 0 aromatic heterocycles. The first-order valence-electron chi connectivity index (χ1n) is 9.21. The number of carbonyl (C=O) groups is 3. The molecule has 0 saturated carbocycles. The molecule has 2 aromatic rings. The second kappa shape index (κ2) is 8.56. The van der Waals surface area contributed by atoms with Gasteiger partial charge in [-0.3, -0.25) is 4.79 Å². The summed E-state index contributed by atoms with van der Waals surface area (Å²) in [5.41, 5.74) is 3.07. The van der Waals surface area contributed by atoms with Crippen molar-refractivity contribution in [1.29, 1.82) is 0 Å². The lowest BCUT2D eigenvalue weighted by atomic mass is 10.1.